The number of aliphatic hydroxyl groups excluding tert-OH is 1. The van der Waals surface area contributed by atoms with E-state index >= 15 is 0 Å². The third-order valence-corrected chi connectivity index (χ3v) is 6.45. The maximum Gasteiger partial charge on any atom is 0.0728 e. The van der Waals surface area contributed by atoms with Crippen LogP contribution < -0.4 is 0 Å². The molecule has 2 heterocycles. The number of hydrogen-bond donors (Lipinski definition) is 1. The standard InChI is InChI=1S/C20H38N2O2/c1-15(2)8-21-6-5-17(4)19(11-21)24-12-16(3)9-22-10-18-7-20(18,13-22)14-23/h15-19,23H,5-14H2,1-4H3/t16?,17-,18?,19+,20?/m0/s1. The Morgan fingerprint density at radius 1 is 1.17 bits per heavy atom. The van der Waals surface area contributed by atoms with Gasteiger partial charge in [0.15, 0.2) is 0 Å². The molecular formula is C20H38N2O2. The molecule has 0 radical (unpaired) electrons. The number of fused-ring (bicyclic) bond motifs is 1. The molecule has 5 atom stereocenters. The summed E-state index contributed by atoms with van der Waals surface area (Å²) in [7, 11) is 0. The molecule has 140 valence electrons. The van der Waals surface area contributed by atoms with Crippen LogP contribution in [0.3, 0.4) is 0 Å². The first-order valence-corrected chi connectivity index (χ1v) is 10.1. The molecule has 0 amide bonds. The van der Waals surface area contributed by atoms with E-state index in [9.17, 15) is 5.11 Å². The quantitative estimate of drug-likeness (QED) is 0.737. The molecule has 1 saturated carbocycles. The van der Waals surface area contributed by atoms with Crippen molar-refractivity contribution in [2.75, 3.05) is 52.5 Å². The fraction of sp³-hybridized carbons (Fsp3) is 1.00. The van der Waals surface area contributed by atoms with E-state index in [1.54, 1.807) is 0 Å². The van der Waals surface area contributed by atoms with Crippen LogP contribution in [0.5, 0.6) is 0 Å². The van der Waals surface area contributed by atoms with E-state index in [-0.39, 0.29) is 5.41 Å². The Hall–Kier alpha value is -0.160. The fourth-order valence-corrected chi connectivity index (χ4v) is 4.87. The van der Waals surface area contributed by atoms with Gasteiger partial charge in [0, 0.05) is 38.1 Å². The van der Waals surface area contributed by atoms with E-state index in [2.05, 4.69) is 37.5 Å². The second-order valence-corrected chi connectivity index (χ2v) is 9.51. The zero-order valence-corrected chi connectivity index (χ0v) is 16.2. The molecule has 0 aromatic rings. The SMILES string of the molecule is CC(C)CN1CC[C@H](C)[C@H](OCC(C)CN2CC3CC3(CO)C2)C1. The Balaban J connectivity index is 1.38. The van der Waals surface area contributed by atoms with Gasteiger partial charge in [0.25, 0.3) is 0 Å². The van der Waals surface area contributed by atoms with Crippen LogP contribution in [-0.4, -0.2) is 73.5 Å². The molecule has 0 spiro atoms. The summed E-state index contributed by atoms with van der Waals surface area (Å²) in [5.41, 5.74) is 0.274. The molecule has 0 aromatic carbocycles. The number of rotatable bonds is 8. The minimum Gasteiger partial charge on any atom is -0.396 e. The Kier molecular flexibility index (Phi) is 5.90. The molecule has 2 saturated heterocycles. The molecule has 4 heteroatoms. The highest BCUT2D eigenvalue weighted by molar-refractivity contribution is 5.10. The highest BCUT2D eigenvalue weighted by Gasteiger charge is 2.59. The zero-order valence-electron chi connectivity index (χ0n) is 16.2. The monoisotopic (exact) mass is 338 g/mol. The van der Waals surface area contributed by atoms with Crippen molar-refractivity contribution in [3.05, 3.63) is 0 Å². The van der Waals surface area contributed by atoms with Gasteiger partial charge in [-0.2, -0.15) is 0 Å². The average Bonchev–Trinajstić information content (AvgIpc) is 3.09. The summed E-state index contributed by atoms with van der Waals surface area (Å²) in [6.45, 7) is 17.4. The van der Waals surface area contributed by atoms with Gasteiger partial charge in [-0.1, -0.05) is 27.7 Å². The Morgan fingerprint density at radius 2 is 1.96 bits per heavy atom. The highest BCUT2D eigenvalue weighted by Crippen LogP contribution is 2.57. The van der Waals surface area contributed by atoms with E-state index in [4.69, 9.17) is 4.74 Å². The fourth-order valence-electron chi connectivity index (χ4n) is 4.87. The summed E-state index contributed by atoms with van der Waals surface area (Å²) in [4.78, 5) is 5.13. The van der Waals surface area contributed by atoms with Crippen LogP contribution in [0.4, 0.5) is 0 Å². The highest BCUT2D eigenvalue weighted by atomic mass is 16.5. The molecule has 24 heavy (non-hydrogen) atoms. The van der Waals surface area contributed by atoms with Crippen molar-refractivity contribution in [2.24, 2.45) is 29.1 Å². The van der Waals surface area contributed by atoms with Crippen LogP contribution in [0.1, 0.15) is 40.5 Å². The van der Waals surface area contributed by atoms with Gasteiger partial charge in [0.05, 0.1) is 19.3 Å². The summed E-state index contributed by atoms with van der Waals surface area (Å²) in [6.07, 6.45) is 2.91. The van der Waals surface area contributed by atoms with Crippen molar-refractivity contribution in [3.63, 3.8) is 0 Å². The van der Waals surface area contributed by atoms with Crippen LogP contribution in [0.15, 0.2) is 0 Å². The van der Waals surface area contributed by atoms with E-state index < -0.39 is 0 Å². The van der Waals surface area contributed by atoms with Crippen LogP contribution in [0, 0.1) is 29.1 Å². The smallest absolute Gasteiger partial charge is 0.0728 e. The van der Waals surface area contributed by atoms with Gasteiger partial charge in [-0.05, 0) is 43.1 Å². The van der Waals surface area contributed by atoms with Crippen molar-refractivity contribution in [3.8, 4) is 0 Å². The summed E-state index contributed by atoms with van der Waals surface area (Å²) in [5.74, 6) is 2.75. The predicted molar refractivity (Wildman–Crippen MR) is 98.0 cm³/mol. The van der Waals surface area contributed by atoms with Crippen molar-refractivity contribution < 1.29 is 9.84 Å². The molecular weight excluding hydrogens is 300 g/mol. The topological polar surface area (TPSA) is 35.9 Å². The minimum absolute atomic E-state index is 0.274. The number of piperidine rings is 2. The maximum absolute atomic E-state index is 9.55. The Bertz CT molecular complexity index is 412. The van der Waals surface area contributed by atoms with E-state index in [1.807, 2.05) is 0 Å². The van der Waals surface area contributed by atoms with Gasteiger partial charge < -0.3 is 19.6 Å². The summed E-state index contributed by atoms with van der Waals surface area (Å²) < 4.78 is 6.35. The first-order chi connectivity index (χ1) is 11.4. The number of nitrogens with zero attached hydrogens (tertiary/aromatic N) is 2. The number of likely N-dealkylation sites (tertiary alicyclic amines) is 2. The second kappa shape index (κ2) is 7.61. The van der Waals surface area contributed by atoms with Gasteiger partial charge in [-0.3, -0.25) is 0 Å². The molecule has 0 bridgehead atoms. The van der Waals surface area contributed by atoms with Crippen LogP contribution in [0.2, 0.25) is 0 Å². The van der Waals surface area contributed by atoms with Gasteiger partial charge in [0.2, 0.25) is 0 Å². The van der Waals surface area contributed by atoms with Crippen LogP contribution >= 0.6 is 0 Å². The third-order valence-electron chi connectivity index (χ3n) is 6.45. The van der Waals surface area contributed by atoms with E-state index in [0.717, 1.165) is 38.1 Å². The van der Waals surface area contributed by atoms with E-state index in [0.29, 0.717) is 24.5 Å². The van der Waals surface area contributed by atoms with Gasteiger partial charge in [-0.15, -0.1) is 0 Å². The number of ether oxygens (including phenoxy) is 1. The summed E-state index contributed by atoms with van der Waals surface area (Å²) >= 11 is 0. The van der Waals surface area contributed by atoms with Crippen LogP contribution in [-0.2, 0) is 4.74 Å². The third kappa shape index (κ3) is 4.32. The first-order valence-electron chi connectivity index (χ1n) is 10.1. The lowest BCUT2D eigenvalue weighted by Crippen LogP contribution is -2.46. The predicted octanol–water partition coefficient (Wildman–Crippen LogP) is 2.32. The molecule has 3 rings (SSSR count). The van der Waals surface area contributed by atoms with Crippen molar-refractivity contribution in [1.29, 1.82) is 0 Å². The number of hydrogen-bond acceptors (Lipinski definition) is 4. The molecule has 1 aliphatic carbocycles. The molecule has 4 nitrogen and oxygen atoms in total. The molecule has 1 N–H and O–H groups in total. The number of aliphatic hydroxyl groups is 1. The van der Waals surface area contributed by atoms with Gasteiger partial charge in [0.1, 0.15) is 0 Å². The minimum atomic E-state index is 0.274. The Morgan fingerprint density at radius 3 is 2.62 bits per heavy atom. The average molecular weight is 339 g/mol. The Labute approximate surface area is 148 Å². The van der Waals surface area contributed by atoms with Gasteiger partial charge in [-0.25, -0.2) is 0 Å². The summed E-state index contributed by atoms with van der Waals surface area (Å²) in [5, 5.41) is 9.55. The van der Waals surface area contributed by atoms with Crippen LogP contribution in [0.25, 0.3) is 0 Å². The lowest BCUT2D eigenvalue weighted by atomic mass is 9.95. The molecule has 3 aliphatic rings. The zero-order chi connectivity index (χ0) is 17.3. The molecule has 3 unspecified atom stereocenters. The van der Waals surface area contributed by atoms with Crippen molar-refractivity contribution in [1.82, 2.24) is 9.80 Å². The van der Waals surface area contributed by atoms with Gasteiger partial charge >= 0.3 is 0 Å². The van der Waals surface area contributed by atoms with Crippen molar-refractivity contribution >= 4 is 0 Å². The molecule has 0 aromatic heterocycles. The molecule has 2 aliphatic heterocycles. The normalized spacial score (nSPS) is 38.5. The second-order valence-electron chi connectivity index (χ2n) is 9.51. The maximum atomic E-state index is 9.55. The first kappa shape index (κ1) is 18.6. The van der Waals surface area contributed by atoms with Crippen molar-refractivity contribution in [2.45, 2.75) is 46.6 Å². The van der Waals surface area contributed by atoms with E-state index in [1.165, 1.54) is 32.5 Å². The molecule has 3 fully saturated rings. The largest absolute Gasteiger partial charge is 0.396 e. The lowest BCUT2D eigenvalue weighted by molar-refractivity contribution is -0.0483. The lowest BCUT2D eigenvalue weighted by Gasteiger charge is -2.38. The summed E-state index contributed by atoms with van der Waals surface area (Å²) in [6, 6.07) is 0.